The number of hydrogen-bond donors (Lipinski definition) is 0. The molecule has 0 radical (unpaired) electrons. The number of carbonyl (C=O) groups is 1. The zero-order valence-corrected chi connectivity index (χ0v) is 11.9. The number of aldehydes is 1. The molecule has 0 bridgehead atoms. The summed E-state index contributed by atoms with van der Waals surface area (Å²) >= 11 is 0. The average molecular weight is 281 g/mol. The Hall–Kier alpha value is -2.69. The highest BCUT2D eigenvalue weighted by Gasteiger charge is 2.12. The molecule has 0 atom stereocenters. The number of nitrogens with zero attached hydrogens (tertiary/aromatic N) is 3. The molecule has 5 nitrogen and oxygen atoms in total. The first kappa shape index (κ1) is 13.3. The smallest absolute Gasteiger partial charge is 0.171 e. The molecular weight excluding hydrogens is 266 g/mol. The van der Waals surface area contributed by atoms with Gasteiger partial charge in [-0.05, 0) is 37.6 Å². The lowest BCUT2D eigenvalue weighted by molar-refractivity contribution is 0.112. The van der Waals surface area contributed by atoms with Crippen LogP contribution in [0.15, 0.2) is 36.5 Å². The summed E-state index contributed by atoms with van der Waals surface area (Å²) in [4.78, 5) is 11.2. The van der Waals surface area contributed by atoms with Crippen LogP contribution in [0.2, 0.25) is 0 Å². The summed E-state index contributed by atoms with van der Waals surface area (Å²) in [6.07, 6.45) is 2.72. The molecule has 0 aliphatic carbocycles. The van der Waals surface area contributed by atoms with Gasteiger partial charge in [-0.15, -0.1) is 10.2 Å². The van der Waals surface area contributed by atoms with Crippen LogP contribution in [0, 0.1) is 6.92 Å². The molecule has 5 heteroatoms. The first-order chi connectivity index (χ1) is 10.2. The van der Waals surface area contributed by atoms with Crippen LogP contribution in [0.1, 0.15) is 22.8 Å². The number of aromatic nitrogens is 3. The minimum atomic E-state index is 0.537. The minimum absolute atomic E-state index is 0.537. The first-order valence-electron chi connectivity index (χ1n) is 6.76. The number of benzene rings is 1. The third kappa shape index (κ3) is 2.38. The molecule has 0 N–H and O–H groups in total. The maximum absolute atomic E-state index is 11.2. The summed E-state index contributed by atoms with van der Waals surface area (Å²) in [6.45, 7) is 4.49. The van der Waals surface area contributed by atoms with E-state index in [-0.39, 0.29) is 0 Å². The van der Waals surface area contributed by atoms with Gasteiger partial charge in [-0.3, -0.25) is 9.20 Å². The van der Waals surface area contributed by atoms with E-state index in [1.807, 2.05) is 48.7 Å². The largest absolute Gasteiger partial charge is 0.494 e. The molecule has 3 rings (SSSR count). The Morgan fingerprint density at radius 1 is 1.29 bits per heavy atom. The molecule has 0 saturated carbocycles. The Bertz CT molecular complexity index is 808. The summed E-state index contributed by atoms with van der Waals surface area (Å²) in [5.41, 5.74) is 2.98. The molecule has 0 spiro atoms. The SMILES string of the molecule is CCOc1cccc(-c2nnc3c(C=O)cc(C)cn23)c1. The van der Waals surface area contributed by atoms with E-state index in [1.165, 1.54) is 0 Å². The number of hydrogen-bond acceptors (Lipinski definition) is 4. The monoisotopic (exact) mass is 281 g/mol. The average Bonchev–Trinajstić information content (AvgIpc) is 2.90. The summed E-state index contributed by atoms with van der Waals surface area (Å²) in [5.74, 6) is 1.48. The predicted octanol–water partition coefficient (Wildman–Crippen LogP) is 2.92. The second-order valence-corrected chi connectivity index (χ2v) is 4.77. The zero-order chi connectivity index (χ0) is 14.8. The second-order valence-electron chi connectivity index (χ2n) is 4.77. The van der Waals surface area contributed by atoms with Gasteiger partial charge in [0.25, 0.3) is 0 Å². The molecule has 3 aromatic rings. The van der Waals surface area contributed by atoms with E-state index in [2.05, 4.69) is 10.2 Å². The number of carbonyl (C=O) groups excluding carboxylic acids is 1. The molecule has 106 valence electrons. The van der Waals surface area contributed by atoms with Gasteiger partial charge in [-0.1, -0.05) is 12.1 Å². The molecule has 2 aromatic heterocycles. The van der Waals surface area contributed by atoms with Crippen molar-refractivity contribution >= 4 is 11.9 Å². The third-order valence-electron chi connectivity index (χ3n) is 3.20. The second kappa shape index (κ2) is 5.36. The highest BCUT2D eigenvalue weighted by atomic mass is 16.5. The summed E-state index contributed by atoms with van der Waals surface area (Å²) in [5, 5.41) is 8.34. The van der Waals surface area contributed by atoms with Gasteiger partial charge in [-0.2, -0.15) is 0 Å². The molecule has 0 unspecified atom stereocenters. The Balaban J connectivity index is 2.19. The van der Waals surface area contributed by atoms with Crippen LogP contribution in [0.4, 0.5) is 0 Å². The zero-order valence-electron chi connectivity index (χ0n) is 11.9. The van der Waals surface area contributed by atoms with Crippen molar-refractivity contribution in [2.45, 2.75) is 13.8 Å². The number of rotatable bonds is 4. The van der Waals surface area contributed by atoms with Gasteiger partial charge >= 0.3 is 0 Å². The Morgan fingerprint density at radius 3 is 2.90 bits per heavy atom. The fraction of sp³-hybridized carbons (Fsp3) is 0.188. The van der Waals surface area contributed by atoms with Gasteiger partial charge in [0.2, 0.25) is 0 Å². The van der Waals surface area contributed by atoms with Crippen molar-refractivity contribution in [2.24, 2.45) is 0 Å². The van der Waals surface area contributed by atoms with E-state index >= 15 is 0 Å². The fourth-order valence-corrected chi connectivity index (χ4v) is 2.34. The topological polar surface area (TPSA) is 56.5 Å². The van der Waals surface area contributed by atoms with Gasteiger partial charge in [-0.25, -0.2) is 0 Å². The molecule has 1 aromatic carbocycles. The van der Waals surface area contributed by atoms with Gasteiger partial charge in [0.15, 0.2) is 17.8 Å². The third-order valence-corrected chi connectivity index (χ3v) is 3.20. The molecule has 0 aliphatic heterocycles. The summed E-state index contributed by atoms with van der Waals surface area (Å²) < 4.78 is 7.35. The molecule has 0 amide bonds. The molecule has 0 fully saturated rings. The maximum Gasteiger partial charge on any atom is 0.171 e. The number of fused-ring (bicyclic) bond motifs is 1. The Morgan fingerprint density at radius 2 is 2.14 bits per heavy atom. The molecule has 2 heterocycles. The summed E-state index contributed by atoms with van der Waals surface area (Å²) in [6, 6.07) is 9.48. The van der Waals surface area contributed by atoms with Gasteiger partial charge < -0.3 is 4.74 Å². The van der Waals surface area contributed by atoms with Gasteiger partial charge in [0.1, 0.15) is 5.75 Å². The Kier molecular flexibility index (Phi) is 3.39. The normalized spacial score (nSPS) is 10.8. The highest BCUT2D eigenvalue weighted by Crippen LogP contribution is 2.24. The number of pyridine rings is 1. The molecule has 21 heavy (non-hydrogen) atoms. The molecule has 0 aliphatic rings. The minimum Gasteiger partial charge on any atom is -0.494 e. The van der Waals surface area contributed by atoms with E-state index in [9.17, 15) is 4.79 Å². The lowest BCUT2D eigenvalue weighted by atomic mass is 10.2. The van der Waals surface area contributed by atoms with Crippen LogP contribution >= 0.6 is 0 Å². The van der Waals surface area contributed by atoms with Crippen molar-refractivity contribution < 1.29 is 9.53 Å². The van der Waals surface area contributed by atoms with E-state index in [0.717, 1.165) is 23.2 Å². The van der Waals surface area contributed by atoms with Crippen molar-refractivity contribution in [3.05, 3.63) is 47.7 Å². The van der Waals surface area contributed by atoms with Crippen LogP contribution in [-0.4, -0.2) is 27.5 Å². The van der Waals surface area contributed by atoms with E-state index in [0.29, 0.717) is 23.6 Å². The van der Waals surface area contributed by atoms with Crippen molar-refractivity contribution in [2.75, 3.05) is 6.61 Å². The Labute approximate surface area is 122 Å². The van der Waals surface area contributed by atoms with E-state index in [4.69, 9.17) is 4.74 Å². The standard InChI is InChI=1S/C16H15N3O2/c1-3-21-14-6-4-5-12(8-14)15-17-18-16-13(10-20)7-11(2)9-19(15)16/h4-10H,3H2,1-2H3. The summed E-state index contributed by atoms with van der Waals surface area (Å²) in [7, 11) is 0. The molecular formula is C16H15N3O2. The van der Waals surface area contributed by atoms with Crippen molar-refractivity contribution in [1.82, 2.24) is 14.6 Å². The van der Waals surface area contributed by atoms with Crippen LogP contribution in [0.25, 0.3) is 17.0 Å². The van der Waals surface area contributed by atoms with Crippen molar-refractivity contribution in [3.63, 3.8) is 0 Å². The van der Waals surface area contributed by atoms with Crippen molar-refractivity contribution in [3.8, 4) is 17.1 Å². The maximum atomic E-state index is 11.2. The highest BCUT2D eigenvalue weighted by molar-refractivity contribution is 5.85. The predicted molar refractivity (Wildman–Crippen MR) is 79.7 cm³/mol. The van der Waals surface area contributed by atoms with Gasteiger partial charge in [0.05, 0.1) is 12.2 Å². The van der Waals surface area contributed by atoms with Crippen molar-refractivity contribution in [1.29, 1.82) is 0 Å². The van der Waals surface area contributed by atoms with Gasteiger partial charge in [0, 0.05) is 11.8 Å². The fourth-order valence-electron chi connectivity index (χ4n) is 2.34. The number of aryl methyl sites for hydroxylation is 1. The van der Waals surface area contributed by atoms with E-state index < -0.39 is 0 Å². The lowest BCUT2D eigenvalue weighted by Crippen LogP contribution is -1.96. The van der Waals surface area contributed by atoms with Crippen LogP contribution in [0.5, 0.6) is 5.75 Å². The first-order valence-corrected chi connectivity index (χ1v) is 6.76. The lowest BCUT2D eigenvalue weighted by Gasteiger charge is -2.06. The quantitative estimate of drug-likeness (QED) is 0.690. The van der Waals surface area contributed by atoms with Crippen LogP contribution < -0.4 is 4.74 Å². The number of ether oxygens (including phenoxy) is 1. The van der Waals surface area contributed by atoms with Crippen LogP contribution in [-0.2, 0) is 0 Å². The van der Waals surface area contributed by atoms with E-state index in [1.54, 1.807) is 6.07 Å². The van der Waals surface area contributed by atoms with Crippen LogP contribution in [0.3, 0.4) is 0 Å². The molecule has 0 saturated heterocycles.